The van der Waals surface area contributed by atoms with Gasteiger partial charge in [0.25, 0.3) is 0 Å². The molecule has 1 aliphatic carbocycles. The molecule has 0 unspecified atom stereocenters. The van der Waals surface area contributed by atoms with Crippen molar-refractivity contribution in [3.05, 3.63) is 35.2 Å². The molecule has 4 nitrogen and oxygen atoms in total. The first-order chi connectivity index (χ1) is 12.4. The van der Waals surface area contributed by atoms with Gasteiger partial charge in [0, 0.05) is 18.2 Å². The van der Waals surface area contributed by atoms with E-state index in [0.29, 0.717) is 18.4 Å². The summed E-state index contributed by atoms with van der Waals surface area (Å²) in [5, 5.41) is 0. The Morgan fingerprint density at radius 3 is 2.26 bits per heavy atom. The zero-order chi connectivity index (χ0) is 20.0. The van der Waals surface area contributed by atoms with E-state index in [1.165, 1.54) is 6.07 Å². The van der Waals surface area contributed by atoms with Crippen LogP contribution in [0.2, 0.25) is 0 Å². The molecule has 0 amide bonds. The fraction of sp³-hybridized carbons (Fsp3) is 0.611. The summed E-state index contributed by atoms with van der Waals surface area (Å²) in [6, 6.07) is 2.11. The van der Waals surface area contributed by atoms with Gasteiger partial charge in [-0.05, 0) is 52.2 Å². The van der Waals surface area contributed by atoms with E-state index in [1.54, 1.807) is 0 Å². The fourth-order valence-corrected chi connectivity index (χ4v) is 2.90. The molecule has 27 heavy (non-hydrogen) atoms. The minimum absolute atomic E-state index is 0.0808. The Hall–Kier alpha value is -1.61. The predicted octanol–water partition coefficient (Wildman–Crippen LogP) is 4.74. The average molecular weight is 387 g/mol. The second-order valence-electron chi connectivity index (χ2n) is 8.01. The monoisotopic (exact) mass is 387 g/mol. The zero-order valence-electron chi connectivity index (χ0n) is 15.7. The van der Waals surface area contributed by atoms with Crippen molar-refractivity contribution < 1.29 is 31.6 Å². The molecular weight excluding hydrogens is 365 g/mol. The minimum Gasteiger partial charge on any atom is -0.477 e. The van der Waals surface area contributed by atoms with Gasteiger partial charge in [-0.3, -0.25) is 0 Å². The molecule has 2 heterocycles. The zero-order valence-corrected chi connectivity index (χ0v) is 15.7. The van der Waals surface area contributed by atoms with Crippen LogP contribution in [0.3, 0.4) is 0 Å². The molecule has 1 aliphatic heterocycles. The number of alkyl halides is 3. The molecular formula is C18H22BF4NO3. The third kappa shape index (κ3) is 4.14. The first kappa shape index (κ1) is 20.1. The van der Waals surface area contributed by atoms with Crippen molar-refractivity contribution in [2.45, 2.75) is 57.9 Å². The van der Waals surface area contributed by atoms with Crippen LogP contribution in [-0.2, 0) is 15.5 Å². The van der Waals surface area contributed by atoms with Gasteiger partial charge in [0.15, 0.2) is 0 Å². The average Bonchev–Trinajstić information content (AvgIpc) is 2.73. The lowest BCUT2D eigenvalue weighted by Gasteiger charge is -2.32. The number of nitrogens with zero attached hydrogens (tertiary/aromatic N) is 1. The van der Waals surface area contributed by atoms with Crippen LogP contribution >= 0.6 is 0 Å². The standard InChI is InChI=1S/C18H22BF4NO3/c1-16(2)17(3,4)27-19(26-16)15(20)12-7-11(8-12)10-25-14-6-5-13(9-24-14)18(21,22)23/h5-6,9,11H,7-8,10H2,1-4H3. The lowest BCUT2D eigenvalue weighted by molar-refractivity contribution is -0.137. The van der Waals surface area contributed by atoms with E-state index >= 15 is 0 Å². The van der Waals surface area contributed by atoms with Crippen molar-refractivity contribution in [2.24, 2.45) is 5.92 Å². The molecule has 3 rings (SSSR count). The van der Waals surface area contributed by atoms with Gasteiger partial charge in [0.2, 0.25) is 5.88 Å². The molecule has 0 aromatic carbocycles. The van der Waals surface area contributed by atoms with Gasteiger partial charge in [0.05, 0.1) is 23.4 Å². The number of ether oxygens (including phenoxy) is 1. The number of halogens is 4. The molecule has 0 radical (unpaired) electrons. The predicted molar refractivity (Wildman–Crippen MR) is 91.7 cm³/mol. The molecule has 1 aromatic heterocycles. The van der Waals surface area contributed by atoms with Gasteiger partial charge < -0.3 is 14.0 Å². The van der Waals surface area contributed by atoms with Crippen molar-refractivity contribution in [3.63, 3.8) is 0 Å². The Kier molecular flexibility index (Phi) is 5.05. The summed E-state index contributed by atoms with van der Waals surface area (Å²) in [5.74, 6) is 0.198. The van der Waals surface area contributed by atoms with Crippen molar-refractivity contribution in [2.75, 3.05) is 6.61 Å². The third-order valence-electron chi connectivity index (χ3n) is 5.40. The molecule has 9 heteroatoms. The van der Waals surface area contributed by atoms with Crippen LogP contribution in [0.15, 0.2) is 29.6 Å². The van der Waals surface area contributed by atoms with Crippen LogP contribution in [0.1, 0.15) is 46.1 Å². The van der Waals surface area contributed by atoms with Crippen molar-refractivity contribution >= 4 is 7.12 Å². The molecule has 0 bridgehead atoms. The summed E-state index contributed by atoms with van der Waals surface area (Å²) in [4.78, 5) is 3.66. The maximum atomic E-state index is 14.6. The molecule has 2 aliphatic rings. The molecule has 2 fully saturated rings. The van der Waals surface area contributed by atoms with E-state index in [-0.39, 0.29) is 18.4 Å². The SMILES string of the molecule is CC1(C)OB(C(F)=C2CC(COc3ccc(C(F)(F)F)cn3)C2)OC1(C)C. The molecule has 0 N–H and O–H groups in total. The summed E-state index contributed by atoms with van der Waals surface area (Å²) < 4.78 is 68.9. The van der Waals surface area contributed by atoms with Crippen LogP contribution < -0.4 is 4.74 Å². The van der Waals surface area contributed by atoms with Crippen LogP contribution in [0.4, 0.5) is 17.6 Å². The first-order valence-corrected chi connectivity index (χ1v) is 8.78. The van der Waals surface area contributed by atoms with Crippen LogP contribution in [0, 0.1) is 5.92 Å². The fourth-order valence-electron chi connectivity index (χ4n) is 2.90. The largest absolute Gasteiger partial charge is 0.525 e. The van der Waals surface area contributed by atoms with Gasteiger partial charge in [-0.25, -0.2) is 9.37 Å². The maximum absolute atomic E-state index is 14.6. The molecule has 0 spiro atoms. The van der Waals surface area contributed by atoms with E-state index < -0.39 is 35.8 Å². The summed E-state index contributed by atoms with van der Waals surface area (Å²) >= 11 is 0. The first-order valence-electron chi connectivity index (χ1n) is 8.78. The van der Waals surface area contributed by atoms with E-state index in [1.807, 2.05) is 27.7 Å². The number of aromatic nitrogens is 1. The molecule has 1 saturated heterocycles. The highest BCUT2D eigenvalue weighted by Crippen LogP contribution is 2.43. The van der Waals surface area contributed by atoms with Gasteiger partial charge in [-0.1, -0.05) is 0 Å². The summed E-state index contributed by atoms with van der Waals surface area (Å²) in [6.07, 6.45) is -2.70. The van der Waals surface area contributed by atoms with Gasteiger partial charge in [-0.2, -0.15) is 13.2 Å². The highest BCUT2D eigenvalue weighted by Gasteiger charge is 2.54. The second kappa shape index (κ2) is 6.77. The van der Waals surface area contributed by atoms with Crippen LogP contribution in [0.25, 0.3) is 0 Å². The second-order valence-corrected chi connectivity index (χ2v) is 8.01. The van der Waals surface area contributed by atoms with Crippen LogP contribution in [-0.4, -0.2) is 29.9 Å². The number of pyridine rings is 1. The highest BCUT2D eigenvalue weighted by atomic mass is 19.4. The van der Waals surface area contributed by atoms with Crippen LogP contribution in [0.5, 0.6) is 5.88 Å². The minimum atomic E-state index is -4.43. The lowest BCUT2D eigenvalue weighted by Crippen LogP contribution is -2.41. The normalized spacial score (nSPS) is 23.9. The smallest absolute Gasteiger partial charge is 0.477 e. The van der Waals surface area contributed by atoms with Crippen molar-refractivity contribution in [1.29, 1.82) is 0 Å². The maximum Gasteiger partial charge on any atom is 0.525 e. The van der Waals surface area contributed by atoms with E-state index in [0.717, 1.165) is 12.3 Å². The number of hydrogen-bond donors (Lipinski definition) is 0. The number of hydrogen-bond acceptors (Lipinski definition) is 4. The number of rotatable bonds is 4. The Bertz CT molecular complexity index is 707. The van der Waals surface area contributed by atoms with Crippen molar-refractivity contribution in [3.8, 4) is 5.88 Å². The Morgan fingerprint density at radius 2 is 1.78 bits per heavy atom. The summed E-state index contributed by atoms with van der Waals surface area (Å²) in [6.45, 7) is 7.70. The Labute approximate surface area is 156 Å². The Balaban J connectivity index is 1.50. The Morgan fingerprint density at radius 1 is 1.19 bits per heavy atom. The summed E-state index contributed by atoms with van der Waals surface area (Å²) in [5.41, 5.74) is -1.79. The molecule has 0 atom stereocenters. The van der Waals surface area contributed by atoms with Gasteiger partial charge in [0.1, 0.15) is 5.73 Å². The summed E-state index contributed by atoms with van der Waals surface area (Å²) in [7, 11) is -0.997. The van der Waals surface area contributed by atoms with E-state index in [2.05, 4.69) is 4.98 Å². The number of allylic oxidation sites excluding steroid dienone is 1. The molecule has 1 saturated carbocycles. The van der Waals surface area contributed by atoms with Crippen molar-refractivity contribution in [1.82, 2.24) is 4.98 Å². The highest BCUT2D eigenvalue weighted by molar-refractivity contribution is 6.53. The molecule has 1 aromatic rings. The van der Waals surface area contributed by atoms with E-state index in [9.17, 15) is 17.6 Å². The lowest BCUT2D eigenvalue weighted by atomic mass is 9.73. The quantitative estimate of drug-likeness (QED) is 0.553. The third-order valence-corrected chi connectivity index (χ3v) is 5.40. The topological polar surface area (TPSA) is 40.6 Å². The van der Waals surface area contributed by atoms with E-state index in [4.69, 9.17) is 14.0 Å². The van der Waals surface area contributed by atoms with Gasteiger partial charge in [-0.15, -0.1) is 0 Å². The van der Waals surface area contributed by atoms with Gasteiger partial charge >= 0.3 is 13.3 Å². The molecule has 148 valence electrons.